The molecule has 0 saturated carbocycles. The van der Waals surface area contributed by atoms with Crippen LogP contribution >= 0.6 is 0 Å². The van der Waals surface area contributed by atoms with Gasteiger partial charge in [-0.15, -0.1) is 0 Å². The maximum Gasteiger partial charge on any atom is 0.156 e. The maximum atomic E-state index is 13.2. The van der Waals surface area contributed by atoms with Gasteiger partial charge in [-0.25, -0.2) is 12.8 Å². The Morgan fingerprint density at radius 3 is 2.53 bits per heavy atom. The zero-order valence-corrected chi connectivity index (χ0v) is 10.5. The minimum Gasteiger partial charge on any atom is -0.384 e. The van der Waals surface area contributed by atoms with E-state index in [0.29, 0.717) is 11.1 Å². The summed E-state index contributed by atoms with van der Waals surface area (Å²) < 4.78 is 41.1. The number of hydrogen-bond donors (Lipinski definition) is 1. The predicted octanol–water partition coefficient (Wildman–Crippen LogP) is 0.846. The summed E-state index contributed by atoms with van der Waals surface area (Å²) in [5, 5.41) is 0. The van der Waals surface area contributed by atoms with Gasteiger partial charge in [0.1, 0.15) is 5.82 Å². The van der Waals surface area contributed by atoms with Crippen molar-refractivity contribution in [2.24, 2.45) is 5.73 Å². The van der Waals surface area contributed by atoms with Gasteiger partial charge in [0, 0.05) is 13.7 Å². The summed E-state index contributed by atoms with van der Waals surface area (Å²) in [6, 6.07) is 4.11. The third-order valence-corrected chi connectivity index (χ3v) is 3.80. The Kier molecular flexibility index (Phi) is 5.04. The van der Waals surface area contributed by atoms with Gasteiger partial charge in [0.05, 0.1) is 18.1 Å². The fraction of sp³-hybridized carbons (Fsp3) is 0.455. The Morgan fingerprint density at radius 2 is 1.94 bits per heavy atom. The Morgan fingerprint density at radius 1 is 1.29 bits per heavy atom. The summed E-state index contributed by atoms with van der Waals surface area (Å²) in [7, 11) is -1.84. The third kappa shape index (κ3) is 4.80. The zero-order chi connectivity index (χ0) is 12.9. The molecule has 1 rings (SSSR count). The van der Waals surface area contributed by atoms with Crippen LogP contribution in [0.4, 0.5) is 4.39 Å². The number of halogens is 1. The first-order valence-electron chi connectivity index (χ1n) is 5.14. The second kappa shape index (κ2) is 6.09. The lowest BCUT2D eigenvalue weighted by atomic mass is 10.1. The van der Waals surface area contributed by atoms with Crippen molar-refractivity contribution < 1.29 is 17.5 Å². The molecule has 0 heterocycles. The van der Waals surface area contributed by atoms with Crippen molar-refractivity contribution in [1.29, 1.82) is 0 Å². The molecule has 0 aliphatic heterocycles. The molecule has 0 bridgehead atoms. The van der Waals surface area contributed by atoms with Crippen LogP contribution in [-0.2, 0) is 26.9 Å². The number of sulfone groups is 1. The van der Waals surface area contributed by atoms with Gasteiger partial charge in [-0.1, -0.05) is 6.07 Å². The largest absolute Gasteiger partial charge is 0.384 e. The van der Waals surface area contributed by atoms with E-state index in [1.165, 1.54) is 19.2 Å². The van der Waals surface area contributed by atoms with E-state index in [-0.39, 0.29) is 24.7 Å². The molecule has 0 radical (unpaired) electrons. The van der Waals surface area contributed by atoms with Gasteiger partial charge < -0.3 is 10.5 Å². The van der Waals surface area contributed by atoms with Crippen molar-refractivity contribution in [3.05, 3.63) is 35.1 Å². The molecule has 0 fully saturated rings. The number of ether oxygens (including phenoxy) is 1. The fourth-order valence-electron chi connectivity index (χ4n) is 1.45. The smallest absolute Gasteiger partial charge is 0.156 e. The van der Waals surface area contributed by atoms with Crippen molar-refractivity contribution in [1.82, 2.24) is 0 Å². The lowest BCUT2D eigenvalue weighted by molar-refractivity contribution is 0.217. The first-order valence-corrected chi connectivity index (χ1v) is 6.97. The van der Waals surface area contributed by atoms with E-state index < -0.39 is 15.7 Å². The van der Waals surface area contributed by atoms with Crippen LogP contribution in [0.25, 0.3) is 0 Å². The minimum atomic E-state index is -3.27. The second-order valence-corrected chi connectivity index (χ2v) is 5.94. The van der Waals surface area contributed by atoms with Gasteiger partial charge in [0.2, 0.25) is 0 Å². The number of methoxy groups -OCH3 is 1. The van der Waals surface area contributed by atoms with Crippen LogP contribution in [0.5, 0.6) is 0 Å². The van der Waals surface area contributed by atoms with Gasteiger partial charge in [-0.2, -0.15) is 0 Å². The highest BCUT2D eigenvalue weighted by Crippen LogP contribution is 2.12. The van der Waals surface area contributed by atoms with E-state index in [1.807, 2.05) is 0 Å². The van der Waals surface area contributed by atoms with Gasteiger partial charge in [-0.3, -0.25) is 0 Å². The minimum absolute atomic E-state index is 0.0715. The molecule has 0 saturated heterocycles. The molecule has 0 aliphatic carbocycles. The van der Waals surface area contributed by atoms with Crippen molar-refractivity contribution in [2.75, 3.05) is 19.5 Å². The van der Waals surface area contributed by atoms with E-state index in [2.05, 4.69) is 0 Å². The number of rotatable bonds is 6. The van der Waals surface area contributed by atoms with E-state index in [0.717, 1.165) is 0 Å². The molecule has 0 aromatic heterocycles. The van der Waals surface area contributed by atoms with Gasteiger partial charge in [0.25, 0.3) is 0 Å². The topological polar surface area (TPSA) is 69.4 Å². The molecule has 0 spiro atoms. The van der Waals surface area contributed by atoms with Gasteiger partial charge in [-0.05, 0) is 23.3 Å². The molecule has 6 heteroatoms. The molecule has 96 valence electrons. The molecule has 0 unspecified atom stereocenters. The third-order valence-electron chi connectivity index (χ3n) is 2.24. The predicted molar refractivity (Wildman–Crippen MR) is 63.7 cm³/mol. The fourth-order valence-corrected chi connectivity index (χ4v) is 2.69. The van der Waals surface area contributed by atoms with E-state index in [4.69, 9.17) is 10.5 Å². The summed E-state index contributed by atoms with van der Waals surface area (Å²) >= 11 is 0. The summed E-state index contributed by atoms with van der Waals surface area (Å²) in [5.74, 6) is -0.732. The number of nitrogens with two attached hydrogens (primary N) is 1. The number of hydrogen-bond acceptors (Lipinski definition) is 4. The second-order valence-electron chi connectivity index (χ2n) is 3.76. The SMILES string of the molecule is COCCS(=O)(=O)Cc1cc(F)cc(CN)c1. The van der Waals surface area contributed by atoms with E-state index in [1.54, 1.807) is 6.07 Å². The van der Waals surface area contributed by atoms with Gasteiger partial charge >= 0.3 is 0 Å². The van der Waals surface area contributed by atoms with Crippen LogP contribution in [0.15, 0.2) is 18.2 Å². The van der Waals surface area contributed by atoms with Crippen LogP contribution in [0, 0.1) is 5.82 Å². The molecular weight excluding hydrogens is 245 g/mol. The quantitative estimate of drug-likeness (QED) is 0.824. The van der Waals surface area contributed by atoms with Crippen LogP contribution < -0.4 is 5.73 Å². The summed E-state index contributed by atoms with van der Waals surface area (Å²) in [4.78, 5) is 0. The highest BCUT2D eigenvalue weighted by Gasteiger charge is 2.12. The summed E-state index contributed by atoms with van der Waals surface area (Å²) in [5.41, 5.74) is 6.40. The van der Waals surface area contributed by atoms with Crippen molar-refractivity contribution in [3.8, 4) is 0 Å². The Bertz CT molecular complexity index is 474. The summed E-state index contributed by atoms with van der Waals surface area (Å²) in [6.07, 6.45) is 0. The standard InChI is InChI=1S/C11H16FNO3S/c1-16-2-3-17(14,15)8-10-4-9(7-13)5-11(12)6-10/h4-6H,2-3,7-8,13H2,1H3. The van der Waals surface area contributed by atoms with Crippen molar-refractivity contribution >= 4 is 9.84 Å². The van der Waals surface area contributed by atoms with Crippen molar-refractivity contribution in [3.63, 3.8) is 0 Å². The summed E-state index contributed by atoms with van der Waals surface area (Å²) in [6.45, 7) is 0.324. The average Bonchev–Trinajstić information content (AvgIpc) is 2.25. The van der Waals surface area contributed by atoms with Crippen LogP contribution in [-0.4, -0.2) is 27.9 Å². The molecule has 0 aliphatic rings. The van der Waals surface area contributed by atoms with Crippen molar-refractivity contribution in [2.45, 2.75) is 12.3 Å². The molecule has 2 N–H and O–H groups in total. The number of benzene rings is 1. The molecule has 17 heavy (non-hydrogen) atoms. The molecule has 1 aromatic rings. The molecule has 0 amide bonds. The Hall–Kier alpha value is -0.980. The Balaban J connectivity index is 2.84. The van der Waals surface area contributed by atoms with Crippen LogP contribution in [0.2, 0.25) is 0 Å². The Labute approximate surface area is 101 Å². The first-order chi connectivity index (χ1) is 7.96. The highest BCUT2D eigenvalue weighted by molar-refractivity contribution is 7.90. The van der Waals surface area contributed by atoms with Gasteiger partial charge in [0.15, 0.2) is 9.84 Å². The molecule has 1 aromatic carbocycles. The molecular formula is C11H16FNO3S. The first kappa shape index (κ1) is 14.1. The maximum absolute atomic E-state index is 13.2. The zero-order valence-electron chi connectivity index (χ0n) is 9.65. The highest BCUT2D eigenvalue weighted by atomic mass is 32.2. The van der Waals surface area contributed by atoms with Crippen LogP contribution in [0.1, 0.15) is 11.1 Å². The van der Waals surface area contributed by atoms with Crippen LogP contribution in [0.3, 0.4) is 0 Å². The lowest BCUT2D eigenvalue weighted by Gasteiger charge is -2.06. The lowest BCUT2D eigenvalue weighted by Crippen LogP contribution is -2.14. The van der Waals surface area contributed by atoms with E-state index >= 15 is 0 Å². The normalized spacial score (nSPS) is 11.7. The van der Waals surface area contributed by atoms with E-state index in [9.17, 15) is 12.8 Å². The monoisotopic (exact) mass is 261 g/mol. The molecule has 4 nitrogen and oxygen atoms in total. The molecule has 0 atom stereocenters. The average molecular weight is 261 g/mol.